The van der Waals surface area contributed by atoms with Crippen LogP contribution in [0.2, 0.25) is 0 Å². The van der Waals surface area contributed by atoms with E-state index in [-0.39, 0.29) is 24.0 Å². The molecule has 0 aliphatic carbocycles. The van der Waals surface area contributed by atoms with E-state index in [0.717, 1.165) is 23.4 Å². The van der Waals surface area contributed by atoms with Crippen LogP contribution in [0.15, 0.2) is 47.5 Å². The van der Waals surface area contributed by atoms with E-state index >= 15 is 0 Å². The Morgan fingerprint density at radius 1 is 1.00 bits per heavy atom. The van der Waals surface area contributed by atoms with E-state index in [0.29, 0.717) is 30.4 Å². The molecule has 0 spiro atoms. The average molecular weight is 509 g/mol. The van der Waals surface area contributed by atoms with Gasteiger partial charge in [-0.05, 0) is 36.2 Å². The van der Waals surface area contributed by atoms with Crippen LogP contribution in [0.5, 0.6) is 11.5 Å². The van der Waals surface area contributed by atoms with Crippen molar-refractivity contribution in [3.63, 3.8) is 0 Å². The van der Waals surface area contributed by atoms with Crippen LogP contribution >= 0.6 is 24.0 Å². The Bertz CT molecular complexity index is 781. The number of benzene rings is 2. The maximum absolute atomic E-state index is 12.6. The Morgan fingerprint density at radius 2 is 1.64 bits per heavy atom. The van der Waals surface area contributed by atoms with Gasteiger partial charge in [-0.1, -0.05) is 12.1 Å². The third kappa shape index (κ3) is 6.77. The monoisotopic (exact) mass is 509 g/mol. The van der Waals surface area contributed by atoms with Gasteiger partial charge in [0, 0.05) is 25.3 Å². The molecule has 5 nitrogen and oxygen atoms in total. The van der Waals surface area contributed by atoms with Crippen molar-refractivity contribution >= 4 is 35.6 Å². The summed E-state index contributed by atoms with van der Waals surface area (Å²) in [6.45, 7) is 0.512. The lowest BCUT2D eigenvalue weighted by Crippen LogP contribution is -2.32. The molecule has 2 rings (SSSR count). The quantitative estimate of drug-likeness (QED) is 0.341. The van der Waals surface area contributed by atoms with Gasteiger partial charge in [0.05, 0.1) is 19.8 Å². The molecule has 2 aromatic carbocycles. The Hall–Kier alpha value is -2.17. The molecule has 154 valence electrons. The van der Waals surface area contributed by atoms with Crippen LogP contribution in [0.4, 0.5) is 18.9 Å². The predicted molar refractivity (Wildman–Crippen MR) is 115 cm³/mol. The highest BCUT2D eigenvalue weighted by molar-refractivity contribution is 14.0. The van der Waals surface area contributed by atoms with Crippen LogP contribution in [-0.2, 0) is 12.6 Å². The first-order valence-corrected chi connectivity index (χ1v) is 8.23. The number of guanidine groups is 1. The number of ether oxygens (including phenoxy) is 2. The highest BCUT2D eigenvalue weighted by Crippen LogP contribution is 2.30. The number of nitrogens with one attached hydrogen (secondary N) is 2. The summed E-state index contributed by atoms with van der Waals surface area (Å²) >= 11 is 0. The van der Waals surface area contributed by atoms with Gasteiger partial charge >= 0.3 is 6.18 Å². The minimum Gasteiger partial charge on any atom is -0.493 e. The van der Waals surface area contributed by atoms with Crippen molar-refractivity contribution in [2.24, 2.45) is 4.99 Å². The molecule has 0 aliphatic heterocycles. The molecule has 0 saturated heterocycles. The van der Waals surface area contributed by atoms with Gasteiger partial charge in [-0.15, -0.1) is 24.0 Å². The lowest BCUT2D eigenvalue weighted by molar-refractivity contribution is -0.137. The van der Waals surface area contributed by atoms with Crippen molar-refractivity contribution in [2.45, 2.75) is 12.6 Å². The topological polar surface area (TPSA) is 54.9 Å². The molecule has 0 atom stereocenters. The summed E-state index contributed by atoms with van der Waals surface area (Å²) in [7, 11) is 4.75. The number of alkyl halides is 3. The van der Waals surface area contributed by atoms with Gasteiger partial charge < -0.3 is 20.1 Å². The van der Waals surface area contributed by atoms with Gasteiger partial charge in [-0.2, -0.15) is 13.2 Å². The SMILES string of the molecule is CN=C(NCCc1ccc(C(F)(F)F)cc1)Nc1ccc(OC)c(OC)c1.I. The maximum Gasteiger partial charge on any atom is 0.416 e. The number of methoxy groups -OCH3 is 2. The number of aliphatic imine (C=N–C) groups is 1. The average Bonchev–Trinajstić information content (AvgIpc) is 2.66. The molecule has 28 heavy (non-hydrogen) atoms. The molecule has 0 aromatic heterocycles. The van der Waals surface area contributed by atoms with Crippen molar-refractivity contribution < 1.29 is 22.6 Å². The Balaban J connectivity index is 0.00000392. The number of halogens is 4. The Kier molecular flexibility index (Phi) is 9.36. The van der Waals surface area contributed by atoms with Crippen LogP contribution < -0.4 is 20.1 Å². The smallest absolute Gasteiger partial charge is 0.416 e. The summed E-state index contributed by atoms with van der Waals surface area (Å²) in [5, 5.41) is 6.25. The summed E-state index contributed by atoms with van der Waals surface area (Å²) in [4.78, 5) is 4.13. The standard InChI is InChI=1S/C19H22F3N3O2.HI/c1-23-18(25-15-8-9-16(26-2)17(12-15)27-3)24-11-10-13-4-6-14(7-5-13)19(20,21)22;/h4-9,12H,10-11H2,1-3H3,(H2,23,24,25);1H. The van der Waals surface area contributed by atoms with Crippen molar-refractivity contribution in [1.29, 1.82) is 0 Å². The number of hydrogen-bond acceptors (Lipinski definition) is 3. The van der Waals surface area contributed by atoms with Gasteiger partial charge in [-0.25, -0.2) is 0 Å². The zero-order valence-electron chi connectivity index (χ0n) is 15.8. The van der Waals surface area contributed by atoms with Gasteiger partial charge in [0.15, 0.2) is 17.5 Å². The summed E-state index contributed by atoms with van der Waals surface area (Å²) in [5.41, 5.74) is 0.914. The second-order valence-electron chi connectivity index (χ2n) is 5.64. The molecule has 0 aliphatic rings. The number of hydrogen-bond donors (Lipinski definition) is 2. The molecule has 0 radical (unpaired) electrons. The zero-order chi connectivity index (χ0) is 19.9. The Labute approximate surface area is 179 Å². The van der Waals surface area contributed by atoms with E-state index in [2.05, 4.69) is 15.6 Å². The summed E-state index contributed by atoms with van der Waals surface area (Å²) in [6, 6.07) is 10.5. The van der Waals surface area contributed by atoms with Gasteiger partial charge in [-0.3, -0.25) is 4.99 Å². The lowest BCUT2D eigenvalue weighted by Gasteiger charge is -2.14. The second-order valence-corrected chi connectivity index (χ2v) is 5.64. The molecule has 0 fully saturated rings. The molecule has 2 aromatic rings. The first-order valence-electron chi connectivity index (χ1n) is 8.23. The Morgan fingerprint density at radius 3 is 2.18 bits per heavy atom. The first-order chi connectivity index (χ1) is 12.9. The minimum atomic E-state index is -4.32. The van der Waals surface area contributed by atoms with Gasteiger partial charge in [0.1, 0.15) is 0 Å². The van der Waals surface area contributed by atoms with E-state index in [9.17, 15) is 13.2 Å². The maximum atomic E-state index is 12.6. The van der Waals surface area contributed by atoms with Crippen LogP contribution in [0, 0.1) is 0 Å². The number of anilines is 1. The van der Waals surface area contributed by atoms with Crippen LogP contribution in [0.1, 0.15) is 11.1 Å². The molecule has 0 bridgehead atoms. The van der Waals surface area contributed by atoms with Crippen molar-refractivity contribution in [2.75, 3.05) is 33.1 Å². The lowest BCUT2D eigenvalue weighted by atomic mass is 10.1. The molecular weight excluding hydrogens is 486 g/mol. The molecule has 0 heterocycles. The molecular formula is C19H23F3IN3O2. The predicted octanol–water partition coefficient (Wildman–Crippen LogP) is 4.57. The van der Waals surface area contributed by atoms with Crippen molar-refractivity contribution in [1.82, 2.24) is 5.32 Å². The van der Waals surface area contributed by atoms with Crippen molar-refractivity contribution in [3.8, 4) is 11.5 Å². The first kappa shape index (κ1) is 23.9. The fourth-order valence-electron chi connectivity index (χ4n) is 2.42. The second kappa shape index (κ2) is 11.0. The molecule has 0 amide bonds. The molecule has 0 unspecified atom stereocenters. The number of nitrogens with zero attached hydrogens (tertiary/aromatic N) is 1. The molecule has 0 saturated carbocycles. The fourth-order valence-corrected chi connectivity index (χ4v) is 2.42. The summed E-state index contributed by atoms with van der Waals surface area (Å²) < 4.78 is 48.2. The highest BCUT2D eigenvalue weighted by atomic mass is 127. The van der Waals surface area contributed by atoms with E-state index < -0.39 is 11.7 Å². The van der Waals surface area contributed by atoms with Crippen LogP contribution in [0.25, 0.3) is 0 Å². The normalized spacial score (nSPS) is 11.4. The third-order valence-electron chi connectivity index (χ3n) is 3.86. The summed E-state index contributed by atoms with van der Waals surface area (Å²) in [6.07, 6.45) is -3.76. The number of rotatable bonds is 6. The molecule has 9 heteroatoms. The highest BCUT2D eigenvalue weighted by Gasteiger charge is 2.29. The minimum absolute atomic E-state index is 0. The van der Waals surface area contributed by atoms with Crippen LogP contribution in [0.3, 0.4) is 0 Å². The van der Waals surface area contributed by atoms with Gasteiger partial charge in [0.2, 0.25) is 0 Å². The van der Waals surface area contributed by atoms with Crippen LogP contribution in [-0.4, -0.2) is 33.8 Å². The fraction of sp³-hybridized carbons (Fsp3) is 0.316. The van der Waals surface area contributed by atoms with E-state index in [1.54, 1.807) is 33.4 Å². The van der Waals surface area contributed by atoms with E-state index in [1.807, 2.05) is 6.07 Å². The largest absolute Gasteiger partial charge is 0.493 e. The van der Waals surface area contributed by atoms with Crippen molar-refractivity contribution in [3.05, 3.63) is 53.6 Å². The third-order valence-corrected chi connectivity index (χ3v) is 3.86. The van der Waals surface area contributed by atoms with E-state index in [1.165, 1.54) is 12.1 Å². The summed E-state index contributed by atoms with van der Waals surface area (Å²) in [5.74, 6) is 1.74. The van der Waals surface area contributed by atoms with E-state index in [4.69, 9.17) is 9.47 Å². The zero-order valence-corrected chi connectivity index (χ0v) is 18.1. The van der Waals surface area contributed by atoms with Gasteiger partial charge in [0.25, 0.3) is 0 Å². The molecule has 2 N–H and O–H groups in total.